The van der Waals surface area contributed by atoms with Crippen LogP contribution >= 0.6 is 23.2 Å². The number of nitrogens with two attached hydrogens (primary N) is 1. The monoisotopic (exact) mass is 333 g/mol. The van der Waals surface area contributed by atoms with Crippen molar-refractivity contribution in [2.24, 2.45) is 5.73 Å². The molecule has 2 nitrogen and oxygen atoms in total. The Morgan fingerprint density at radius 2 is 1.85 bits per heavy atom. The SMILES string of the molecule is NC(COCC(F)(F)C(F)F)Cc1ccc(Cl)c(Cl)c1. The summed E-state index contributed by atoms with van der Waals surface area (Å²) in [5, 5.41) is 0.735. The Balaban J connectivity index is 2.40. The first kappa shape index (κ1) is 17.5. The number of alkyl halides is 4. The van der Waals surface area contributed by atoms with Crippen molar-refractivity contribution < 1.29 is 22.3 Å². The molecule has 0 amide bonds. The van der Waals surface area contributed by atoms with Crippen LogP contribution in [-0.4, -0.2) is 31.6 Å². The molecule has 114 valence electrons. The molecule has 0 saturated carbocycles. The highest BCUT2D eigenvalue weighted by atomic mass is 35.5. The molecule has 0 heterocycles. The minimum Gasteiger partial charge on any atom is -0.373 e. The normalized spacial score (nSPS) is 13.8. The maximum Gasteiger partial charge on any atom is 0.330 e. The van der Waals surface area contributed by atoms with Gasteiger partial charge in [-0.1, -0.05) is 29.3 Å². The zero-order valence-corrected chi connectivity index (χ0v) is 11.8. The lowest BCUT2D eigenvalue weighted by Gasteiger charge is -2.17. The standard InChI is InChI=1S/C12H13Cl2F4NO/c13-9-2-1-7(4-10(9)14)3-8(19)5-20-6-12(17,18)11(15)16/h1-2,4,8,11H,3,5-6,19H2. The highest BCUT2D eigenvalue weighted by Crippen LogP contribution is 2.24. The van der Waals surface area contributed by atoms with E-state index >= 15 is 0 Å². The summed E-state index contributed by atoms with van der Waals surface area (Å²) < 4.78 is 53.4. The molecular formula is C12H13Cl2F4NO. The fraction of sp³-hybridized carbons (Fsp3) is 0.500. The minimum atomic E-state index is -4.16. The summed E-state index contributed by atoms with van der Waals surface area (Å²) in [6.45, 7) is -1.62. The highest BCUT2D eigenvalue weighted by Gasteiger charge is 2.41. The molecule has 0 aromatic heterocycles. The minimum absolute atomic E-state index is 0.261. The lowest BCUT2D eigenvalue weighted by molar-refractivity contribution is -0.166. The molecule has 0 aliphatic carbocycles. The first-order valence-corrected chi connectivity index (χ1v) is 6.41. The van der Waals surface area contributed by atoms with Crippen molar-refractivity contribution >= 4 is 23.2 Å². The van der Waals surface area contributed by atoms with E-state index in [2.05, 4.69) is 4.74 Å². The Hall–Kier alpha value is -0.560. The van der Waals surface area contributed by atoms with E-state index in [9.17, 15) is 17.6 Å². The van der Waals surface area contributed by atoms with Crippen LogP contribution in [0.15, 0.2) is 18.2 Å². The number of benzene rings is 1. The topological polar surface area (TPSA) is 35.2 Å². The summed E-state index contributed by atoms with van der Waals surface area (Å²) in [5.74, 6) is -4.16. The third kappa shape index (κ3) is 5.44. The Bertz CT molecular complexity index is 445. The van der Waals surface area contributed by atoms with Crippen LogP contribution in [0.1, 0.15) is 5.56 Å². The van der Waals surface area contributed by atoms with Crippen molar-refractivity contribution in [1.29, 1.82) is 0 Å². The van der Waals surface area contributed by atoms with Gasteiger partial charge in [0.2, 0.25) is 0 Å². The van der Waals surface area contributed by atoms with Crippen molar-refractivity contribution in [1.82, 2.24) is 0 Å². The number of hydrogen-bond acceptors (Lipinski definition) is 2. The molecule has 20 heavy (non-hydrogen) atoms. The average Bonchev–Trinajstić information content (AvgIpc) is 2.33. The highest BCUT2D eigenvalue weighted by molar-refractivity contribution is 6.42. The first-order valence-electron chi connectivity index (χ1n) is 5.65. The molecule has 0 saturated heterocycles. The fourth-order valence-electron chi connectivity index (χ4n) is 1.44. The van der Waals surface area contributed by atoms with Crippen LogP contribution in [0.3, 0.4) is 0 Å². The second kappa shape index (κ2) is 7.45. The van der Waals surface area contributed by atoms with Crippen LogP contribution < -0.4 is 5.73 Å². The van der Waals surface area contributed by atoms with Gasteiger partial charge < -0.3 is 10.5 Å². The summed E-state index contributed by atoms with van der Waals surface area (Å²) in [6, 6.07) is 4.25. The van der Waals surface area contributed by atoms with Crippen molar-refractivity contribution in [2.75, 3.05) is 13.2 Å². The molecule has 8 heteroatoms. The van der Waals surface area contributed by atoms with Crippen LogP contribution in [-0.2, 0) is 11.2 Å². The third-order valence-electron chi connectivity index (χ3n) is 2.43. The van der Waals surface area contributed by atoms with E-state index in [-0.39, 0.29) is 6.61 Å². The predicted molar refractivity (Wildman–Crippen MR) is 69.9 cm³/mol. The van der Waals surface area contributed by atoms with E-state index in [1.807, 2.05) is 0 Å². The Kier molecular flexibility index (Phi) is 6.51. The maximum atomic E-state index is 12.6. The van der Waals surface area contributed by atoms with E-state index in [0.717, 1.165) is 5.56 Å². The van der Waals surface area contributed by atoms with Gasteiger partial charge in [0, 0.05) is 6.04 Å². The van der Waals surface area contributed by atoms with Crippen molar-refractivity contribution in [2.45, 2.75) is 24.8 Å². The van der Waals surface area contributed by atoms with Crippen molar-refractivity contribution in [3.63, 3.8) is 0 Å². The quantitative estimate of drug-likeness (QED) is 0.770. The summed E-state index contributed by atoms with van der Waals surface area (Å²) >= 11 is 11.5. The van der Waals surface area contributed by atoms with Gasteiger partial charge in [0.05, 0.1) is 16.7 Å². The van der Waals surface area contributed by atoms with Gasteiger partial charge in [0.15, 0.2) is 0 Å². The van der Waals surface area contributed by atoms with E-state index in [1.165, 1.54) is 0 Å². The zero-order valence-electron chi connectivity index (χ0n) is 10.3. The molecular weight excluding hydrogens is 321 g/mol. The summed E-state index contributed by atoms with van der Waals surface area (Å²) in [6.07, 6.45) is -3.45. The van der Waals surface area contributed by atoms with Crippen LogP contribution in [0.4, 0.5) is 17.6 Å². The van der Waals surface area contributed by atoms with Gasteiger partial charge in [-0.25, -0.2) is 8.78 Å². The van der Waals surface area contributed by atoms with Crippen LogP contribution in [0.5, 0.6) is 0 Å². The van der Waals surface area contributed by atoms with Crippen LogP contribution in [0.25, 0.3) is 0 Å². The third-order valence-corrected chi connectivity index (χ3v) is 3.17. The lowest BCUT2D eigenvalue weighted by atomic mass is 10.1. The maximum absolute atomic E-state index is 12.6. The van der Waals surface area contributed by atoms with Gasteiger partial charge in [-0.3, -0.25) is 0 Å². The van der Waals surface area contributed by atoms with Gasteiger partial charge in [0.25, 0.3) is 0 Å². The van der Waals surface area contributed by atoms with Gasteiger partial charge in [-0.15, -0.1) is 0 Å². The molecule has 0 radical (unpaired) electrons. The molecule has 1 aromatic rings. The summed E-state index contributed by atoms with van der Waals surface area (Å²) in [7, 11) is 0. The molecule has 1 rings (SSSR count). The van der Waals surface area contributed by atoms with Gasteiger partial charge in [-0.2, -0.15) is 8.78 Å². The van der Waals surface area contributed by atoms with Crippen molar-refractivity contribution in [3.8, 4) is 0 Å². The number of hydrogen-bond donors (Lipinski definition) is 1. The van der Waals surface area contributed by atoms with Gasteiger partial charge in [-0.05, 0) is 24.1 Å². The molecule has 0 aliphatic rings. The van der Waals surface area contributed by atoms with Crippen LogP contribution in [0.2, 0.25) is 10.0 Å². The lowest BCUT2D eigenvalue weighted by Crippen LogP contribution is -2.36. The number of ether oxygens (including phenoxy) is 1. The molecule has 1 unspecified atom stereocenters. The molecule has 2 N–H and O–H groups in total. The largest absolute Gasteiger partial charge is 0.373 e. The van der Waals surface area contributed by atoms with Crippen LogP contribution in [0, 0.1) is 0 Å². The van der Waals surface area contributed by atoms with Crippen molar-refractivity contribution in [3.05, 3.63) is 33.8 Å². The summed E-state index contributed by atoms with van der Waals surface area (Å²) in [4.78, 5) is 0. The van der Waals surface area contributed by atoms with E-state index in [1.54, 1.807) is 18.2 Å². The van der Waals surface area contributed by atoms with E-state index < -0.39 is 25.0 Å². The predicted octanol–water partition coefficient (Wildman–Crippen LogP) is 3.78. The Morgan fingerprint density at radius 3 is 2.40 bits per heavy atom. The second-order valence-corrected chi connectivity index (χ2v) is 5.10. The Morgan fingerprint density at radius 1 is 1.20 bits per heavy atom. The average molecular weight is 334 g/mol. The molecule has 0 spiro atoms. The molecule has 1 aromatic carbocycles. The molecule has 0 aliphatic heterocycles. The number of rotatable bonds is 7. The Labute approximate surface area is 123 Å². The van der Waals surface area contributed by atoms with E-state index in [0.29, 0.717) is 16.5 Å². The smallest absolute Gasteiger partial charge is 0.330 e. The molecule has 0 bridgehead atoms. The van der Waals surface area contributed by atoms with Gasteiger partial charge in [0.1, 0.15) is 6.61 Å². The number of halogens is 6. The zero-order chi connectivity index (χ0) is 15.3. The summed E-state index contributed by atoms with van der Waals surface area (Å²) in [5.41, 5.74) is 6.41. The fourth-order valence-corrected chi connectivity index (χ4v) is 1.76. The van der Waals surface area contributed by atoms with E-state index in [4.69, 9.17) is 28.9 Å². The molecule has 0 fully saturated rings. The second-order valence-electron chi connectivity index (χ2n) is 4.29. The first-order chi connectivity index (χ1) is 9.22. The van der Waals surface area contributed by atoms with Gasteiger partial charge >= 0.3 is 12.3 Å². The molecule has 1 atom stereocenters.